The number of aromatic amines is 1. The first-order valence-electron chi connectivity index (χ1n) is 9.30. The smallest absolute Gasteiger partial charge is 0.252 e. The molecule has 0 unspecified atom stereocenters. The highest BCUT2D eigenvalue weighted by molar-refractivity contribution is 5.94. The largest absolute Gasteiger partial charge is 0.384 e. The summed E-state index contributed by atoms with van der Waals surface area (Å²) in [4.78, 5) is 19.8. The summed E-state index contributed by atoms with van der Waals surface area (Å²) in [6, 6.07) is 10.1. The van der Waals surface area contributed by atoms with E-state index < -0.39 is 0 Å². The van der Waals surface area contributed by atoms with Crippen LogP contribution in [0.2, 0.25) is 0 Å². The molecule has 0 spiro atoms. The Morgan fingerprint density at radius 2 is 2.04 bits per heavy atom. The van der Waals surface area contributed by atoms with Crippen LogP contribution in [-0.4, -0.2) is 29.0 Å². The molecule has 2 heterocycles. The first-order valence-corrected chi connectivity index (χ1v) is 9.30. The Labute approximate surface area is 154 Å². The molecule has 1 aromatic carbocycles. The van der Waals surface area contributed by atoms with Crippen molar-refractivity contribution < 1.29 is 4.79 Å². The standard InChI is InChI=1S/C21H26N4O/c1-2-3-6-10-23-18-12-17(13-22-15-18)21(26)24-11-9-16-14-25-20-8-5-4-7-19(16)20/h4-5,7-8,12-15,23,25H,2-3,6,9-11H2,1H3,(H,24,26). The Bertz CT molecular complexity index is 856. The van der Waals surface area contributed by atoms with Gasteiger partial charge in [0.1, 0.15) is 0 Å². The van der Waals surface area contributed by atoms with E-state index in [1.165, 1.54) is 23.8 Å². The van der Waals surface area contributed by atoms with E-state index in [0.29, 0.717) is 12.1 Å². The van der Waals surface area contributed by atoms with Crippen LogP contribution in [0.25, 0.3) is 10.9 Å². The maximum atomic E-state index is 12.4. The van der Waals surface area contributed by atoms with E-state index >= 15 is 0 Å². The molecule has 1 amide bonds. The molecule has 3 N–H and O–H groups in total. The summed E-state index contributed by atoms with van der Waals surface area (Å²) in [5, 5.41) is 7.52. The van der Waals surface area contributed by atoms with Crippen LogP contribution >= 0.6 is 0 Å². The second-order valence-electron chi connectivity index (χ2n) is 6.46. The van der Waals surface area contributed by atoms with Gasteiger partial charge in [-0.3, -0.25) is 9.78 Å². The van der Waals surface area contributed by atoms with E-state index in [9.17, 15) is 4.79 Å². The molecule has 136 valence electrons. The normalized spacial score (nSPS) is 10.8. The number of rotatable bonds is 9. The van der Waals surface area contributed by atoms with E-state index in [1.807, 2.05) is 24.4 Å². The van der Waals surface area contributed by atoms with Crippen molar-refractivity contribution in [2.75, 3.05) is 18.4 Å². The zero-order valence-electron chi connectivity index (χ0n) is 15.2. The minimum Gasteiger partial charge on any atom is -0.384 e. The van der Waals surface area contributed by atoms with Crippen molar-refractivity contribution in [3.63, 3.8) is 0 Å². The van der Waals surface area contributed by atoms with Crippen LogP contribution < -0.4 is 10.6 Å². The first kappa shape index (κ1) is 18.0. The molecule has 3 aromatic rings. The Balaban J connectivity index is 1.51. The summed E-state index contributed by atoms with van der Waals surface area (Å²) < 4.78 is 0. The van der Waals surface area contributed by atoms with E-state index in [1.54, 1.807) is 12.4 Å². The molecule has 0 radical (unpaired) electrons. The summed E-state index contributed by atoms with van der Waals surface area (Å²) in [5.74, 6) is -0.0884. The molecular formula is C21H26N4O. The number of nitrogens with one attached hydrogen (secondary N) is 3. The fraction of sp³-hybridized carbons (Fsp3) is 0.333. The van der Waals surface area contributed by atoms with Gasteiger partial charge < -0.3 is 15.6 Å². The molecule has 0 saturated heterocycles. The number of anilines is 1. The summed E-state index contributed by atoms with van der Waals surface area (Å²) in [7, 11) is 0. The minimum atomic E-state index is -0.0884. The van der Waals surface area contributed by atoms with E-state index in [2.05, 4.69) is 39.7 Å². The number of carbonyl (C=O) groups excluding carboxylic acids is 1. The second kappa shape index (κ2) is 9.04. The van der Waals surface area contributed by atoms with Gasteiger partial charge >= 0.3 is 0 Å². The van der Waals surface area contributed by atoms with Crippen LogP contribution in [0, 0.1) is 0 Å². The van der Waals surface area contributed by atoms with Crippen molar-refractivity contribution in [3.8, 4) is 0 Å². The molecule has 26 heavy (non-hydrogen) atoms. The zero-order valence-corrected chi connectivity index (χ0v) is 15.2. The third-order valence-corrected chi connectivity index (χ3v) is 4.46. The van der Waals surface area contributed by atoms with Gasteiger partial charge in [-0.05, 0) is 30.5 Å². The lowest BCUT2D eigenvalue weighted by atomic mass is 10.1. The van der Waals surface area contributed by atoms with E-state index in [4.69, 9.17) is 0 Å². The number of hydrogen-bond donors (Lipinski definition) is 3. The lowest BCUT2D eigenvalue weighted by Crippen LogP contribution is -2.25. The Morgan fingerprint density at radius 1 is 1.15 bits per heavy atom. The van der Waals surface area contributed by atoms with Crippen molar-refractivity contribution in [1.82, 2.24) is 15.3 Å². The average Bonchev–Trinajstić information content (AvgIpc) is 3.09. The predicted molar refractivity (Wildman–Crippen MR) is 107 cm³/mol. The fourth-order valence-corrected chi connectivity index (χ4v) is 3.02. The average molecular weight is 350 g/mol. The number of para-hydroxylation sites is 1. The van der Waals surface area contributed by atoms with Crippen LogP contribution in [-0.2, 0) is 6.42 Å². The van der Waals surface area contributed by atoms with Gasteiger partial charge in [0.15, 0.2) is 0 Å². The number of pyridine rings is 1. The van der Waals surface area contributed by atoms with Crippen molar-refractivity contribution in [2.45, 2.75) is 32.6 Å². The highest BCUT2D eigenvalue weighted by Crippen LogP contribution is 2.17. The summed E-state index contributed by atoms with van der Waals surface area (Å²) in [5.41, 5.74) is 3.82. The lowest BCUT2D eigenvalue weighted by molar-refractivity contribution is 0.0954. The molecule has 5 nitrogen and oxygen atoms in total. The molecule has 0 aliphatic carbocycles. The highest BCUT2D eigenvalue weighted by Gasteiger charge is 2.08. The van der Waals surface area contributed by atoms with Crippen LogP contribution in [0.3, 0.4) is 0 Å². The molecule has 2 aromatic heterocycles. The minimum absolute atomic E-state index is 0.0884. The highest BCUT2D eigenvalue weighted by atomic mass is 16.1. The summed E-state index contributed by atoms with van der Waals surface area (Å²) in [6.07, 6.45) is 9.69. The molecule has 0 saturated carbocycles. The van der Waals surface area contributed by atoms with Crippen LogP contribution in [0.1, 0.15) is 42.1 Å². The van der Waals surface area contributed by atoms with Crippen molar-refractivity contribution in [2.24, 2.45) is 0 Å². The summed E-state index contributed by atoms with van der Waals surface area (Å²) >= 11 is 0. The fourth-order valence-electron chi connectivity index (χ4n) is 3.02. The number of aromatic nitrogens is 2. The van der Waals surface area contributed by atoms with Gasteiger partial charge in [0, 0.05) is 42.6 Å². The Kier molecular flexibility index (Phi) is 6.25. The topological polar surface area (TPSA) is 69.8 Å². The maximum absolute atomic E-state index is 12.4. The Morgan fingerprint density at radius 3 is 2.92 bits per heavy atom. The number of amides is 1. The predicted octanol–water partition coefficient (Wildman–Crippen LogP) is 4.14. The number of H-pyrrole nitrogens is 1. The lowest BCUT2D eigenvalue weighted by Gasteiger charge is -2.08. The number of carbonyl (C=O) groups is 1. The SMILES string of the molecule is CCCCCNc1cncc(C(=O)NCCc2c[nH]c3ccccc23)c1. The maximum Gasteiger partial charge on any atom is 0.252 e. The molecule has 5 heteroatoms. The van der Waals surface area contributed by atoms with E-state index in [0.717, 1.165) is 30.6 Å². The molecule has 0 atom stereocenters. The van der Waals surface area contributed by atoms with Gasteiger partial charge in [-0.1, -0.05) is 38.0 Å². The summed E-state index contributed by atoms with van der Waals surface area (Å²) in [6.45, 7) is 3.68. The second-order valence-corrected chi connectivity index (χ2v) is 6.46. The van der Waals surface area contributed by atoms with Crippen LogP contribution in [0.15, 0.2) is 48.9 Å². The monoisotopic (exact) mass is 350 g/mol. The molecular weight excluding hydrogens is 324 g/mol. The Hall–Kier alpha value is -2.82. The van der Waals surface area contributed by atoms with Crippen molar-refractivity contribution in [3.05, 3.63) is 60.0 Å². The van der Waals surface area contributed by atoms with Gasteiger partial charge in [0.2, 0.25) is 0 Å². The van der Waals surface area contributed by atoms with E-state index in [-0.39, 0.29) is 5.91 Å². The van der Waals surface area contributed by atoms with Crippen molar-refractivity contribution in [1.29, 1.82) is 0 Å². The number of fused-ring (bicyclic) bond motifs is 1. The van der Waals surface area contributed by atoms with Gasteiger partial charge in [-0.25, -0.2) is 0 Å². The van der Waals surface area contributed by atoms with Crippen LogP contribution in [0.5, 0.6) is 0 Å². The third-order valence-electron chi connectivity index (χ3n) is 4.46. The molecule has 0 bridgehead atoms. The number of nitrogens with zero attached hydrogens (tertiary/aromatic N) is 1. The first-order chi connectivity index (χ1) is 12.8. The zero-order chi connectivity index (χ0) is 18.2. The third kappa shape index (κ3) is 4.63. The number of benzene rings is 1. The van der Waals surface area contributed by atoms with Gasteiger partial charge in [0.25, 0.3) is 5.91 Å². The molecule has 0 aliphatic rings. The van der Waals surface area contributed by atoms with Crippen molar-refractivity contribution >= 4 is 22.5 Å². The van der Waals surface area contributed by atoms with Gasteiger partial charge in [0.05, 0.1) is 11.3 Å². The number of unbranched alkanes of at least 4 members (excludes halogenated alkanes) is 2. The molecule has 3 rings (SSSR count). The van der Waals surface area contributed by atoms with Gasteiger partial charge in [-0.2, -0.15) is 0 Å². The van der Waals surface area contributed by atoms with Gasteiger partial charge in [-0.15, -0.1) is 0 Å². The molecule has 0 aliphatic heterocycles. The van der Waals surface area contributed by atoms with Crippen LogP contribution in [0.4, 0.5) is 5.69 Å². The quantitative estimate of drug-likeness (QED) is 0.508. The molecule has 0 fully saturated rings. The number of hydrogen-bond acceptors (Lipinski definition) is 3.